The highest BCUT2D eigenvalue weighted by Gasteiger charge is 2.22. The first-order valence-electron chi connectivity index (χ1n) is 11.1. The van der Waals surface area contributed by atoms with Crippen LogP contribution in [0.5, 0.6) is 0 Å². The average Bonchev–Trinajstić information content (AvgIpc) is 2.66. The third-order valence-electron chi connectivity index (χ3n) is 4.64. The molecule has 0 aliphatic carbocycles. The first-order chi connectivity index (χ1) is 14.9. The summed E-state index contributed by atoms with van der Waals surface area (Å²) < 4.78 is 53.9. The maximum absolute atomic E-state index is 12.1. The van der Waals surface area contributed by atoms with Gasteiger partial charge >= 0.3 is 5.97 Å². The minimum absolute atomic E-state index is 0.0351. The molecular formula is C21H39NO7S3. The second kappa shape index (κ2) is 16.7. The predicted molar refractivity (Wildman–Crippen MR) is 131 cm³/mol. The smallest absolute Gasteiger partial charge is 0.303 e. The Balaban J connectivity index is 3.81. The standard InChI is InChI=1S/C21H39NO7S3/c1-21(2,19-22-3)29-12-9-17-31(25,26)15-7-4-8-16-32(27,28)18-10-14-30-13-6-5-11-20(23)24/h4-19H2,1-2H3,(H,23,24). The van der Waals surface area contributed by atoms with Crippen molar-refractivity contribution in [2.24, 2.45) is 0 Å². The van der Waals surface area contributed by atoms with Gasteiger partial charge in [0.2, 0.25) is 6.54 Å². The minimum atomic E-state index is -3.18. The summed E-state index contributed by atoms with van der Waals surface area (Å²) in [4.78, 5) is 13.7. The maximum Gasteiger partial charge on any atom is 0.303 e. The van der Waals surface area contributed by atoms with Crippen molar-refractivity contribution in [1.82, 2.24) is 0 Å². The molecule has 188 valence electrons. The minimum Gasteiger partial charge on any atom is -0.481 e. The van der Waals surface area contributed by atoms with Gasteiger partial charge in [-0.15, -0.1) is 0 Å². The fourth-order valence-corrected chi connectivity index (χ4v) is 6.83. The molecule has 32 heavy (non-hydrogen) atoms. The Morgan fingerprint density at radius 1 is 0.875 bits per heavy atom. The van der Waals surface area contributed by atoms with Crippen molar-refractivity contribution in [2.45, 2.75) is 70.8 Å². The summed E-state index contributed by atoms with van der Waals surface area (Å²) in [5, 5.41) is 8.56. The molecule has 0 saturated heterocycles. The van der Waals surface area contributed by atoms with Crippen LogP contribution in [0.3, 0.4) is 0 Å². The number of ether oxygens (including phenoxy) is 1. The fourth-order valence-electron chi connectivity index (χ4n) is 2.85. The zero-order chi connectivity index (χ0) is 24.5. The molecule has 11 heteroatoms. The van der Waals surface area contributed by atoms with Gasteiger partial charge in [-0.05, 0) is 63.9 Å². The summed E-state index contributed by atoms with van der Waals surface area (Å²) in [5.74, 6) is 1.10. The molecule has 8 nitrogen and oxygen atoms in total. The number of carbonyl (C=O) groups is 1. The number of hydrogen-bond donors (Lipinski definition) is 1. The molecule has 0 spiro atoms. The van der Waals surface area contributed by atoms with E-state index >= 15 is 0 Å². The van der Waals surface area contributed by atoms with E-state index in [4.69, 9.17) is 16.4 Å². The highest BCUT2D eigenvalue weighted by molar-refractivity contribution is 7.99. The number of carboxylic acid groups (broad SMARTS) is 1. The molecule has 0 aromatic carbocycles. The van der Waals surface area contributed by atoms with Crippen LogP contribution in [0.4, 0.5) is 0 Å². The van der Waals surface area contributed by atoms with Gasteiger partial charge in [0.1, 0.15) is 25.3 Å². The normalized spacial score (nSPS) is 12.5. The van der Waals surface area contributed by atoms with Crippen LogP contribution in [0, 0.1) is 6.57 Å². The van der Waals surface area contributed by atoms with Gasteiger partial charge in [0.05, 0.1) is 23.0 Å². The molecular weight excluding hydrogens is 474 g/mol. The monoisotopic (exact) mass is 513 g/mol. The lowest BCUT2D eigenvalue weighted by atomic mass is 10.1. The topological polar surface area (TPSA) is 119 Å². The Morgan fingerprint density at radius 3 is 1.97 bits per heavy atom. The van der Waals surface area contributed by atoms with Gasteiger partial charge < -0.3 is 14.7 Å². The zero-order valence-corrected chi connectivity index (χ0v) is 21.8. The summed E-state index contributed by atoms with van der Waals surface area (Å²) in [7, 11) is -6.31. The van der Waals surface area contributed by atoms with E-state index < -0.39 is 31.2 Å². The molecule has 1 N–H and O–H groups in total. The van der Waals surface area contributed by atoms with Crippen LogP contribution in [-0.2, 0) is 29.2 Å². The van der Waals surface area contributed by atoms with E-state index in [-0.39, 0.29) is 36.0 Å². The number of unbranched alkanes of at least 4 members (excludes halogenated alkanes) is 3. The van der Waals surface area contributed by atoms with E-state index in [2.05, 4.69) is 4.85 Å². The maximum atomic E-state index is 12.1. The lowest BCUT2D eigenvalue weighted by Gasteiger charge is -2.19. The Kier molecular flexibility index (Phi) is 16.3. The number of aliphatic carboxylic acids is 1. The van der Waals surface area contributed by atoms with Crippen molar-refractivity contribution in [3.63, 3.8) is 0 Å². The number of carboxylic acids is 1. The van der Waals surface area contributed by atoms with Gasteiger partial charge in [-0.25, -0.2) is 23.4 Å². The lowest BCUT2D eigenvalue weighted by Crippen LogP contribution is -2.28. The molecule has 0 radical (unpaired) electrons. The van der Waals surface area contributed by atoms with Crippen molar-refractivity contribution in [1.29, 1.82) is 0 Å². The number of hydrogen-bond acceptors (Lipinski definition) is 7. The van der Waals surface area contributed by atoms with E-state index in [0.29, 0.717) is 45.1 Å². The molecule has 0 aliphatic heterocycles. The molecule has 0 aromatic heterocycles. The van der Waals surface area contributed by atoms with Crippen LogP contribution < -0.4 is 0 Å². The first-order valence-corrected chi connectivity index (χ1v) is 15.9. The van der Waals surface area contributed by atoms with Crippen molar-refractivity contribution in [3.05, 3.63) is 11.4 Å². The zero-order valence-electron chi connectivity index (χ0n) is 19.4. The molecule has 0 aliphatic rings. The van der Waals surface area contributed by atoms with E-state index in [9.17, 15) is 21.6 Å². The van der Waals surface area contributed by atoms with Crippen LogP contribution in [0.1, 0.15) is 65.2 Å². The second-order valence-electron chi connectivity index (χ2n) is 8.46. The van der Waals surface area contributed by atoms with Gasteiger partial charge in [0.15, 0.2) is 0 Å². The van der Waals surface area contributed by atoms with Crippen LogP contribution >= 0.6 is 11.8 Å². The number of sulfone groups is 2. The molecule has 0 heterocycles. The SMILES string of the molecule is [C-]#[N+]CC(C)(C)OCCCS(=O)(=O)CCCCCS(=O)(=O)CCCSCCCCC(=O)O. The molecule has 0 fully saturated rings. The van der Waals surface area contributed by atoms with Crippen LogP contribution in [-0.4, -0.2) is 81.2 Å². The van der Waals surface area contributed by atoms with E-state index in [1.165, 1.54) is 0 Å². The van der Waals surface area contributed by atoms with Gasteiger partial charge in [-0.2, -0.15) is 11.8 Å². The summed E-state index contributed by atoms with van der Waals surface area (Å²) in [6, 6.07) is 0. The van der Waals surface area contributed by atoms with E-state index in [1.54, 1.807) is 25.6 Å². The van der Waals surface area contributed by atoms with Crippen molar-refractivity contribution < 1.29 is 31.5 Å². The molecule has 0 atom stereocenters. The quantitative estimate of drug-likeness (QED) is 0.183. The van der Waals surface area contributed by atoms with E-state index in [1.807, 2.05) is 0 Å². The van der Waals surface area contributed by atoms with Crippen molar-refractivity contribution in [2.75, 3.05) is 47.7 Å². The Morgan fingerprint density at radius 2 is 1.41 bits per heavy atom. The molecule has 0 aromatic rings. The summed E-state index contributed by atoms with van der Waals surface area (Å²) in [6.07, 6.45) is 4.08. The highest BCUT2D eigenvalue weighted by Crippen LogP contribution is 2.12. The van der Waals surface area contributed by atoms with E-state index in [0.717, 1.165) is 17.9 Å². The molecule has 0 unspecified atom stereocenters. The number of rotatable bonds is 21. The summed E-state index contributed by atoms with van der Waals surface area (Å²) in [5.41, 5.74) is -0.572. The molecule has 0 rings (SSSR count). The second-order valence-corrected chi connectivity index (χ2v) is 14.3. The van der Waals surface area contributed by atoms with Crippen molar-refractivity contribution >= 4 is 37.4 Å². The fraction of sp³-hybridized carbons (Fsp3) is 0.905. The van der Waals surface area contributed by atoms with Gasteiger partial charge in [0, 0.05) is 13.0 Å². The van der Waals surface area contributed by atoms with Crippen molar-refractivity contribution in [3.8, 4) is 0 Å². The summed E-state index contributed by atoms with van der Waals surface area (Å²) in [6.45, 7) is 11.0. The first kappa shape index (κ1) is 31.2. The van der Waals surface area contributed by atoms with Crippen LogP contribution in [0.25, 0.3) is 4.85 Å². The average molecular weight is 514 g/mol. The Labute approximate surface area is 198 Å². The Bertz CT molecular complexity index is 772. The largest absolute Gasteiger partial charge is 0.481 e. The lowest BCUT2D eigenvalue weighted by molar-refractivity contribution is -0.137. The molecule has 0 amide bonds. The number of nitrogens with zero attached hydrogens (tertiary/aromatic N) is 1. The summed E-state index contributed by atoms with van der Waals surface area (Å²) >= 11 is 1.65. The highest BCUT2D eigenvalue weighted by atomic mass is 32.2. The van der Waals surface area contributed by atoms with Crippen LogP contribution in [0.2, 0.25) is 0 Å². The third kappa shape index (κ3) is 19.8. The molecule has 0 bridgehead atoms. The number of thioether (sulfide) groups is 1. The molecule has 0 saturated carbocycles. The van der Waals surface area contributed by atoms with Gasteiger partial charge in [-0.1, -0.05) is 6.42 Å². The van der Waals surface area contributed by atoms with Gasteiger partial charge in [0.25, 0.3) is 0 Å². The van der Waals surface area contributed by atoms with Crippen LogP contribution in [0.15, 0.2) is 0 Å². The third-order valence-corrected chi connectivity index (χ3v) is 9.43. The van der Waals surface area contributed by atoms with Gasteiger partial charge in [-0.3, -0.25) is 4.79 Å². The predicted octanol–water partition coefficient (Wildman–Crippen LogP) is 3.47. The Hall–Kier alpha value is -0.830.